The van der Waals surface area contributed by atoms with Gasteiger partial charge in [0.1, 0.15) is 0 Å². The molecule has 11 aromatic rings. The molecule has 0 saturated carbocycles. The highest BCUT2D eigenvalue weighted by molar-refractivity contribution is 7.26. The van der Waals surface area contributed by atoms with Crippen molar-refractivity contribution in [3.8, 4) is 22.6 Å². The summed E-state index contributed by atoms with van der Waals surface area (Å²) < 4.78 is 7.53. The molecule has 4 heterocycles. The largest absolute Gasteiger partial charge is 0.312 e. The Hall–Kier alpha value is -6.14. The molecular formula is C48H29N3S2. The van der Waals surface area contributed by atoms with E-state index in [4.69, 9.17) is 9.97 Å². The van der Waals surface area contributed by atoms with E-state index < -0.39 is 0 Å². The first-order valence-electron chi connectivity index (χ1n) is 18.1. The fourth-order valence-corrected chi connectivity index (χ4v) is 11.1. The van der Waals surface area contributed by atoms with Crippen LogP contribution in [0, 0.1) is 0 Å². The van der Waals surface area contributed by atoms with Crippen molar-refractivity contribution < 1.29 is 0 Å². The minimum atomic E-state index is 0.764. The first kappa shape index (κ1) is 29.4. The first-order chi connectivity index (χ1) is 26.3. The van der Waals surface area contributed by atoms with Crippen LogP contribution in [-0.2, 0) is 0 Å². The molecule has 12 rings (SSSR count). The van der Waals surface area contributed by atoms with Crippen molar-refractivity contribution in [2.75, 3.05) is 0 Å². The second kappa shape index (κ2) is 11.2. The van der Waals surface area contributed by atoms with Crippen molar-refractivity contribution in [1.29, 1.82) is 0 Å². The van der Waals surface area contributed by atoms with Gasteiger partial charge in [0.05, 0.1) is 26.9 Å². The van der Waals surface area contributed by atoms with Crippen LogP contribution in [-0.4, -0.2) is 14.5 Å². The van der Waals surface area contributed by atoms with E-state index in [0.717, 1.165) is 45.7 Å². The second-order valence-electron chi connectivity index (χ2n) is 14.0. The van der Waals surface area contributed by atoms with E-state index in [2.05, 4.69) is 156 Å². The molecule has 0 radical (unpaired) electrons. The molecule has 53 heavy (non-hydrogen) atoms. The summed E-state index contributed by atoms with van der Waals surface area (Å²) in [6.45, 7) is 0. The van der Waals surface area contributed by atoms with Crippen LogP contribution in [0.25, 0.3) is 108 Å². The highest BCUT2D eigenvalue weighted by atomic mass is 32.1. The summed E-state index contributed by atoms with van der Waals surface area (Å²) in [7, 11) is 0. The van der Waals surface area contributed by atoms with Crippen molar-refractivity contribution in [2.24, 2.45) is 0 Å². The Bertz CT molecular complexity index is 3470. The fraction of sp³-hybridized carbons (Fsp3) is 0.0417. The molecule has 0 atom stereocenters. The van der Waals surface area contributed by atoms with Gasteiger partial charge in [0.25, 0.3) is 0 Å². The van der Waals surface area contributed by atoms with Gasteiger partial charge >= 0.3 is 0 Å². The molecule has 0 saturated heterocycles. The zero-order valence-electron chi connectivity index (χ0n) is 28.5. The number of fused-ring (bicyclic) bond motifs is 12. The second-order valence-corrected chi connectivity index (χ2v) is 16.1. The van der Waals surface area contributed by atoms with E-state index >= 15 is 0 Å². The maximum absolute atomic E-state index is 5.37. The van der Waals surface area contributed by atoms with Gasteiger partial charge in [0.2, 0.25) is 0 Å². The van der Waals surface area contributed by atoms with Crippen molar-refractivity contribution in [3.63, 3.8) is 0 Å². The molecule has 1 aliphatic carbocycles. The summed E-state index contributed by atoms with van der Waals surface area (Å²) in [6, 6.07) is 53.0. The van der Waals surface area contributed by atoms with Gasteiger partial charge in [-0.3, -0.25) is 0 Å². The van der Waals surface area contributed by atoms with Crippen molar-refractivity contribution >= 4 is 108 Å². The molecule has 0 unspecified atom stereocenters. The molecule has 248 valence electrons. The summed E-state index contributed by atoms with van der Waals surface area (Å²) in [6.07, 6.45) is 4.44. The molecule has 5 heteroatoms. The Morgan fingerprint density at radius 1 is 0.528 bits per heavy atom. The van der Waals surface area contributed by atoms with E-state index in [9.17, 15) is 0 Å². The van der Waals surface area contributed by atoms with E-state index in [1.807, 2.05) is 11.3 Å². The number of nitrogens with zero attached hydrogens (tertiary/aromatic N) is 3. The quantitative estimate of drug-likeness (QED) is 0.183. The maximum atomic E-state index is 5.37. The summed E-state index contributed by atoms with van der Waals surface area (Å²) in [5.41, 5.74) is 8.09. The van der Waals surface area contributed by atoms with Gasteiger partial charge < -0.3 is 4.57 Å². The topological polar surface area (TPSA) is 30.7 Å². The Kier molecular flexibility index (Phi) is 6.21. The molecule has 4 aromatic heterocycles. The summed E-state index contributed by atoms with van der Waals surface area (Å²) in [5, 5.41) is 11.5. The lowest BCUT2D eigenvalue weighted by molar-refractivity contribution is 0.996. The Morgan fingerprint density at radius 2 is 1.28 bits per heavy atom. The van der Waals surface area contributed by atoms with E-state index in [0.29, 0.717) is 0 Å². The molecule has 0 N–H and O–H groups in total. The summed E-state index contributed by atoms with van der Waals surface area (Å²) >= 11 is 3.67. The highest BCUT2D eigenvalue weighted by Crippen LogP contribution is 2.41. The number of hydrogen-bond acceptors (Lipinski definition) is 4. The predicted octanol–water partition coefficient (Wildman–Crippen LogP) is 12.0. The van der Waals surface area contributed by atoms with Gasteiger partial charge in [-0.15, -0.1) is 22.7 Å². The number of aromatic nitrogens is 3. The highest BCUT2D eigenvalue weighted by Gasteiger charge is 2.21. The number of benzene rings is 7. The van der Waals surface area contributed by atoms with Crippen LogP contribution in [0.5, 0.6) is 0 Å². The smallest absolute Gasteiger partial charge is 0.160 e. The van der Waals surface area contributed by atoms with Gasteiger partial charge in [-0.1, -0.05) is 121 Å². The normalized spacial score (nSPS) is 13.2. The standard InChI is InChI=1S/C48H29N3S2/c1-2-12-30-26-31(21-20-28(30)10-1)45-47-46(36-15-6-8-18-40(36)53-47)50-48(49-45)32-22-24-35-42(27-32)52-41-19-9-17-38(44(35)41)51-37-16-7-5-14-34(37)43-33-13-4-3-11-29(33)23-25-39(43)51/h1-8,10-16,18-27H,9,17H2. The number of para-hydroxylation sites is 1. The predicted molar refractivity (Wildman–Crippen MR) is 227 cm³/mol. The van der Waals surface area contributed by atoms with Crippen LogP contribution in [0.3, 0.4) is 0 Å². The number of thiophene rings is 2. The molecule has 0 amide bonds. The molecule has 3 nitrogen and oxygen atoms in total. The van der Waals surface area contributed by atoms with E-state index in [1.54, 1.807) is 11.3 Å². The SMILES string of the molecule is C1=c2sc3cc(-c4nc(-c5ccc6ccccc6c5)c5sc6ccccc6c5n4)ccc3c2=C(n2c3ccccc3c3c4ccccc4ccc32)CC1. The molecular weight excluding hydrogens is 683 g/mol. The third-order valence-electron chi connectivity index (χ3n) is 11.0. The van der Waals surface area contributed by atoms with Crippen LogP contribution in [0.1, 0.15) is 12.8 Å². The minimum Gasteiger partial charge on any atom is -0.312 e. The lowest BCUT2D eigenvalue weighted by Crippen LogP contribution is -2.27. The molecule has 0 fully saturated rings. The molecule has 0 bridgehead atoms. The van der Waals surface area contributed by atoms with E-state index in [1.165, 1.54) is 79.0 Å². The molecule has 0 aliphatic heterocycles. The monoisotopic (exact) mass is 711 g/mol. The van der Waals surface area contributed by atoms with Gasteiger partial charge in [-0.05, 0) is 64.7 Å². The zero-order valence-corrected chi connectivity index (χ0v) is 30.1. The number of rotatable bonds is 3. The molecule has 0 spiro atoms. The van der Waals surface area contributed by atoms with Crippen LogP contribution in [0.4, 0.5) is 0 Å². The first-order valence-corrected chi connectivity index (χ1v) is 19.8. The maximum Gasteiger partial charge on any atom is 0.160 e. The van der Waals surface area contributed by atoms with E-state index in [-0.39, 0.29) is 0 Å². The summed E-state index contributed by atoms with van der Waals surface area (Å²) in [5.74, 6) is 0.764. The third kappa shape index (κ3) is 4.32. The van der Waals surface area contributed by atoms with Crippen LogP contribution in [0.15, 0.2) is 146 Å². The van der Waals surface area contributed by atoms with Crippen molar-refractivity contribution in [1.82, 2.24) is 14.5 Å². The van der Waals surface area contributed by atoms with Gasteiger partial charge in [-0.25, -0.2) is 9.97 Å². The zero-order chi connectivity index (χ0) is 34.6. The average Bonchev–Trinajstić information content (AvgIpc) is 3.89. The van der Waals surface area contributed by atoms with Gasteiger partial charge in [0.15, 0.2) is 5.82 Å². The Morgan fingerprint density at radius 3 is 2.21 bits per heavy atom. The van der Waals surface area contributed by atoms with Crippen molar-refractivity contribution in [2.45, 2.75) is 12.8 Å². The lowest BCUT2D eigenvalue weighted by atomic mass is 10.0. The Labute approximate surface area is 312 Å². The van der Waals surface area contributed by atoms with Crippen LogP contribution in [0.2, 0.25) is 0 Å². The Balaban J connectivity index is 1.10. The molecule has 7 aromatic carbocycles. The summed E-state index contributed by atoms with van der Waals surface area (Å²) in [4.78, 5) is 10.7. The lowest BCUT2D eigenvalue weighted by Gasteiger charge is -2.15. The van der Waals surface area contributed by atoms with Crippen LogP contribution >= 0.6 is 22.7 Å². The number of hydrogen-bond donors (Lipinski definition) is 0. The fourth-order valence-electron chi connectivity index (χ4n) is 8.67. The van der Waals surface area contributed by atoms with Crippen LogP contribution < -0.4 is 9.75 Å². The third-order valence-corrected chi connectivity index (χ3v) is 13.4. The van der Waals surface area contributed by atoms with Gasteiger partial charge in [-0.2, -0.15) is 0 Å². The average molecular weight is 712 g/mol. The molecule has 1 aliphatic rings. The van der Waals surface area contributed by atoms with Crippen molar-refractivity contribution in [3.05, 3.63) is 155 Å². The van der Waals surface area contributed by atoms with Gasteiger partial charge in [0, 0.05) is 57.5 Å². The minimum absolute atomic E-state index is 0.764.